The van der Waals surface area contributed by atoms with Crippen LogP contribution in [0.5, 0.6) is 0 Å². The van der Waals surface area contributed by atoms with Crippen LogP contribution in [-0.4, -0.2) is 5.66 Å². The highest BCUT2D eigenvalue weighted by Crippen LogP contribution is 2.08. The Morgan fingerprint density at radius 2 is 2.50 bits per heavy atom. The number of nitrogens with zero attached hydrogens (tertiary/aromatic N) is 2. The summed E-state index contributed by atoms with van der Waals surface area (Å²) in [4.78, 5) is 3.06. The summed E-state index contributed by atoms with van der Waals surface area (Å²) in [6.45, 7) is 1.74. The van der Waals surface area contributed by atoms with Crippen molar-refractivity contribution in [1.29, 1.82) is 5.39 Å². The molecule has 0 saturated heterocycles. The van der Waals surface area contributed by atoms with Crippen LogP contribution in [-0.2, 0) is 0 Å². The first-order chi connectivity index (χ1) is 3.77. The van der Waals surface area contributed by atoms with E-state index in [0.29, 0.717) is 0 Å². The normalized spacial score (nSPS) is 34.0. The molecule has 0 saturated carbocycles. The molecule has 8 heavy (non-hydrogen) atoms. The standard InChI is InChI=1S/C4H6N4/c1-4(7-5)2-3-6-8-4/h2-3,5H,1H3/p+1. The number of diazo groups is 1. The highest BCUT2D eigenvalue weighted by molar-refractivity contribution is 5.11. The minimum absolute atomic E-state index is 0.625. The van der Waals surface area contributed by atoms with Gasteiger partial charge < -0.3 is 5.43 Å². The van der Waals surface area contributed by atoms with Gasteiger partial charge in [-0.15, -0.1) is 0 Å². The topological polar surface area (TPSA) is 52.2 Å². The van der Waals surface area contributed by atoms with E-state index in [4.69, 9.17) is 5.39 Å². The van der Waals surface area contributed by atoms with Crippen LogP contribution in [0.3, 0.4) is 0 Å². The average Bonchev–Trinajstić information content (AvgIpc) is 2.17. The largest absolute Gasteiger partial charge is 0.410 e. The summed E-state index contributed by atoms with van der Waals surface area (Å²) in [6, 6.07) is 0. The first-order valence-corrected chi connectivity index (χ1v) is 2.33. The molecule has 1 rings (SSSR count). The molecule has 0 fully saturated rings. The molecule has 0 spiro atoms. The molecule has 1 aliphatic rings. The van der Waals surface area contributed by atoms with E-state index in [0.717, 1.165) is 0 Å². The van der Waals surface area contributed by atoms with Gasteiger partial charge in [-0.2, -0.15) is 5.43 Å². The minimum atomic E-state index is -0.625. The summed E-state index contributed by atoms with van der Waals surface area (Å²) in [7, 11) is 0. The van der Waals surface area contributed by atoms with Gasteiger partial charge in [-0.1, -0.05) is 0 Å². The van der Waals surface area contributed by atoms with E-state index in [2.05, 4.69) is 15.8 Å². The van der Waals surface area contributed by atoms with Crippen LogP contribution < -0.4 is 10.9 Å². The van der Waals surface area contributed by atoms with E-state index in [1.54, 1.807) is 19.2 Å². The molecule has 1 unspecified atom stereocenters. The zero-order chi connectivity index (χ0) is 6.04. The Morgan fingerprint density at radius 3 is 2.75 bits per heavy atom. The van der Waals surface area contributed by atoms with Crippen molar-refractivity contribution in [2.45, 2.75) is 12.6 Å². The van der Waals surface area contributed by atoms with Gasteiger partial charge in [-0.25, -0.2) is 0 Å². The van der Waals surface area contributed by atoms with E-state index in [1.165, 1.54) is 0 Å². The Kier molecular flexibility index (Phi) is 0.922. The van der Waals surface area contributed by atoms with Gasteiger partial charge in [0.05, 0.1) is 0 Å². The van der Waals surface area contributed by atoms with Crippen LogP contribution >= 0.6 is 0 Å². The molecule has 0 radical (unpaired) electrons. The fraction of sp³-hybridized carbons (Fsp3) is 0.500. The summed E-state index contributed by atoms with van der Waals surface area (Å²) < 4.78 is 0. The predicted octanol–water partition coefficient (Wildman–Crippen LogP) is 0.177. The zero-order valence-corrected chi connectivity index (χ0v) is 4.55. The smallest absolute Gasteiger partial charge is 0.322 e. The molecule has 42 valence electrons. The molecule has 1 heterocycles. The van der Waals surface area contributed by atoms with E-state index >= 15 is 0 Å². The van der Waals surface area contributed by atoms with Crippen molar-refractivity contribution in [2.75, 3.05) is 0 Å². The highest BCUT2D eigenvalue weighted by Gasteiger charge is 2.37. The van der Waals surface area contributed by atoms with Gasteiger partial charge in [0.15, 0.2) is 0 Å². The lowest BCUT2D eigenvalue weighted by molar-refractivity contribution is 0.510. The molecule has 1 atom stereocenters. The van der Waals surface area contributed by atoms with Crippen LogP contribution in [0.4, 0.5) is 0 Å². The quantitative estimate of drug-likeness (QED) is 0.438. The van der Waals surface area contributed by atoms with Crippen molar-refractivity contribution in [3.05, 3.63) is 17.3 Å². The molecule has 0 amide bonds. The molecule has 4 nitrogen and oxygen atoms in total. The molecule has 2 N–H and O–H groups in total. The molecular weight excluding hydrogens is 104 g/mol. The minimum Gasteiger partial charge on any atom is -0.322 e. The second kappa shape index (κ2) is 1.46. The fourth-order valence-electron chi connectivity index (χ4n) is 0.492. The lowest BCUT2D eigenvalue weighted by atomic mass is 10.2. The Balaban J connectivity index is 2.72. The maximum Gasteiger partial charge on any atom is 0.410 e. The maximum atomic E-state index is 8.30. The van der Waals surface area contributed by atoms with Crippen molar-refractivity contribution in [3.63, 3.8) is 0 Å². The summed E-state index contributed by atoms with van der Waals surface area (Å²) in [5.41, 5.74) is 4.76. The summed E-state index contributed by atoms with van der Waals surface area (Å²) >= 11 is 0. The van der Waals surface area contributed by atoms with Crippen molar-refractivity contribution in [2.24, 2.45) is 0 Å². The molecule has 4 heteroatoms. The van der Waals surface area contributed by atoms with Gasteiger partial charge in [-0.3, -0.25) is 0 Å². The van der Waals surface area contributed by atoms with Gasteiger partial charge in [0, 0.05) is 19.2 Å². The molecule has 0 bridgehead atoms. The first kappa shape index (κ1) is 5.06. The predicted molar refractivity (Wildman–Crippen MR) is 28.9 cm³/mol. The van der Waals surface area contributed by atoms with Crippen LogP contribution in [0.25, 0.3) is 4.98 Å². The Labute approximate surface area is 47.2 Å². The molecule has 0 aromatic heterocycles. The average molecular weight is 111 g/mol. The third-order valence-corrected chi connectivity index (χ3v) is 1.02. The van der Waals surface area contributed by atoms with Crippen LogP contribution in [0, 0.1) is 5.39 Å². The van der Waals surface area contributed by atoms with Crippen LogP contribution in [0.2, 0.25) is 0 Å². The van der Waals surface area contributed by atoms with E-state index in [1.807, 2.05) is 0 Å². The van der Waals surface area contributed by atoms with Crippen LogP contribution in [0.15, 0.2) is 12.3 Å². The lowest BCUT2D eigenvalue weighted by Crippen LogP contribution is -2.38. The third-order valence-electron chi connectivity index (χ3n) is 1.02. The number of nitrogens with one attached hydrogen (secondary N) is 2. The first-order valence-electron chi connectivity index (χ1n) is 2.33. The van der Waals surface area contributed by atoms with Gasteiger partial charge in [0.2, 0.25) is 5.39 Å². The second-order valence-electron chi connectivity index (χ2n) is 1.85. The van der Waals surface area contributed by atoms with Gasteiger partial charge in [-0.05, 0) is 0 Å². The van der Waals surface area contributed by atoms with Gasteiger partial charge in [0.25, 0.3) is 0 Å². The maximum absolute atomic E-state index is 8.30. The lowest BCUT2D eigenvalue weighted by Gasteiger charge is -1.96. The van der Waals surface area contributed by atoms with Crippen molar-refractivity contribution >= 4 is 0 Å². The van der Waals surface area contributed by atoms with Crippen molar-refractivity contribution in [1.82, 2.24) is 10.9 Å². The molecular formula is C4H7N4+. The van der Waals surface area contributed by atoms with E-state index in [9.17, 15) is 0 Å². The zero-order valence-electron chi connectivity index (χ0n) is 4.55. The molecule has 1 aliphatic heterocycles. The van der Waals surface area contributed by atoms with E-state index in [-0.39, 0.29) is 0 Å². The summed E-state index contributed by atoms with van der Waals surface area (Å²) in [6.07, 6.45) is 3.40. The molecule has 0 aromatic carbocycles. The van der Waals surface area contributed by atoms with Crippen molar-refractivity contribution in [3.8, 4) is 0 Å². The van der Waals surface area contributed by atoms with Crippen molar-refractivity contribution < 1.29 is 0 Å². The number of hydrogen-bond acceptors (Lipinski definition) is 3. The molecule has 0 aromatic rings. The Hall–Kier alpha value is -1.08. The van der Waals surface area contributed by atoms with Gasteiger partial charge in [0.1, 0.15) is 4.98 Å². The van der Waals surface area contributed by atoms with Gasteiger partial charge >= 0.3 is 5.66 Å². The second-order valence-corrected chi connectivity index (χ2v) is 1.85. The number of hydrazine groups is 1. The Morgan fingerprint density at radius 1 is 1.75 bits per heavy atom. The number of hydrogen-bond donors (Lipinski definition) is 2. The Bertz CT molecular complexity index is 156. The molecule has 0 aliphatic carbocycles. The number of rotatable bonds is 0. The third kappa shape index (κ3) is 0.634. The summed E-state index contributed by atoms with van der Waals surface area (Å²) in [5, 5.41) is 8.30. The van der Waals surface area contributed by atoms with Crippen LogP contribution in [0.1, 0.15) is 6.92 Å². The fourth-order valence-corrected chi connectivity index (χ4v) is 0.492. The summed E-state index contributed by atoms with van der Waals surface area (Å²) in [5.74, 6) is 0. The highest BCUT2D eigenvalue weighted by atomic mass is 15.4. The monoisotopic (exact) mass is 111 g/mol. The SMILES string of the molecule is CC1([N+]#N)C=CNN1. The van der Waals surface area contributed by atoms with E-state index < -0.39 is 5.66 Å².